The topological polar surface area (TPSA) is 64.8 Å². The molecule has 142 valence electrons. The number of carbonyl (C=O) groups excluding carboxylic acids is 1. The van der Waals surface area contributed by atoms with Crippen LogP contribution >= 0.6 is 11.6 Å². The van der Waals surface area contributed by atoms with Gasteiger partial charge in [-0.1, -0.05) is 25.4 Å². The third-order valence-electron chi connectivity index (χ3n) is 3.44. The lowest BCUT2D eigenvalue weighted by Gasteiger charge is -2.26. The first-order chi connectivity index (χ1) is 12.2. The average Bonchev–Trinajstić information content (AvgIpc) is 2.97. The summed E-state index contributed by atoms with van der Waals surface area (Å²) >= 11 is 5.95. The first-order valence-electron chi connectivity index (χ1n) is 8.50. The van der Waals surface area contributed by atoms with Crippen LogP contribution in [0.2, 0.25) is 5.02 Å². The van der Waals surface area contributed by atoms with E-state index in [-0.39, 0.29) is 19.1 Å². The molecule has 7 heteroatoms. The molecule has 0 saturated heterocycles. The molecule has 2 aromatic rings. The van der Waals surface area contributed by atoms with Crippen molar-refractivity contribution in [2.45, 2.75) is 46.1 Å². The molecule has 0 aliphatic heterocycles. The van der Waals surface area contributed by atoms with Gasteiger partial charge in [0.15, 0.2) is 5.76 Å². The maximum atomic E-state index is 11.1. The molecule has 6 nitrogen and oxygen atoms in total. The molecule has 0 N–H and O–H groups in total. The fourth-order valence-corrected chi connectivity index (χ4v) is 2.54. The summed E-state index contributed by atoms with van der Waals surface area (Å²) in [5.74, 6) is 1.23. The number of ether oxygens (including phenoxy) is 1. The normalized spacial score (nSPS) is 11.7. The summed E-state index contributed by atoms with van der Waals surface area (Å²) in [6, 6.07) is 7.36. The van der Waals surface area contributed by atoms with Crippen LogP contribution in [-0.2, 0) is 9.63 Å². The summed E-state index contributed by atoms with van der Waals surface area (Å²) in [7, 11) is 0. The van der Waals surface area contributed by atoms with Crippen molar-refractivity contribution in [2.24, 2.45) is 0 Å². The second kappa shape index (κ2) is 8.56. The van der Waals surface area contributed by atoms with Crippen LogP contribution in [0.3, 0.4) is 0 Å². The first-order valence-corrected chi connectivity index (χ1v) is 8.88. The molecule has 0 radical (unpaired) electrons. The van der Waals surface area contributed by atoms with Gasteiger partial charge in [0, 0.05) is 10.6 Å². The summed E-state index contributed by atoms with van der Waals surface area (Å²) in [5.41, 5.74) is 1.30. The Kier molecular flexibility index (Phi) is 6.67. The minimum Gasteiger partial charge on any atom is -0.473 e. The van der Waals surface area contributed by atoms with Crippen LogP contribution in [0.25, 0.3) is 11.3 Å². The van der Waals surface area contributed by atoms with Gasteiger partial charge in [-0.3, -0.25) is 9.63 Å². The molecule has 1 aromatic heterocycles. The van der Waals surface area contributed by atoms with E-state index < -0.39 is 5.60 Å². The zero-order valence-electron chi connectivity index (χ0n) is 15.8. The number of benzene rings is 1. The number of halogens is 1. The monoisotopic (exact) mass is 380 g/mol. The molecule has 0 bridgehead atoms. The molecular formula is C19H25ClN2O4. The molecule has 1 amide bonds. The van der Waals surface area contributed by atoms with Crippen molar-refractivity contribution in [2.75, 3.05) is 13.2 Å². The largest absolute Gasteiger partial charge is 0.473 e. The van der Waals surface area contributed by atoms with Gasteiger partial charge in [-0.25, -0.2) is 5.06 Å². The van der Waals surface area contributed by atoms with E-state index in [9.17, 15) is 4.79 Å². The van der Waals surface area contributed by atoms with E-state index >= 15 is 0 Å². The van der Waals surface area contributed by atoms with Crippen molar-refractivity contribution in [3.05, 3.63) is 34.9 Å². The summed E-state index contributed by atoms with van der Waals surface area (Å²) in [6.07, 6.45) is 0.639. The van der Waals surface area contributed by atoms with Crippen molar-refractivity contribution in [3.63, 3.8) is 0 Å². The Morgan fingerprint density at radius 1 is 1.27 bits per heavy atom. The highest BCUT2D eigenvalue weighted by Crippen LogP contribution is 2.36. The highest BCUT2D eigenvalue weighted by atomic mass is 35.5. The third kappa shape index (κ3) is 5.47. The van der Waals surface area contributed by atoms with Crippen LogP contribution in [0.4, 0.5) is 0 Å². The van der Waals surface area contributed by atoms with E-state index in [0.717, 1.165) is 11.1 Å². The van der Waals surface area contributed by atoms with Gasteiger partial charge in [-0.05, 0) is 56.1 Å². The Balaban J connectivity index is 2.10. The highest BCUT2D eigenvalue weighted by Gasteiger charge is 2.22. The SMILES string of the molecule is CC(C)c1c(OCCN(C=O)OC(C)(C)C)noc1-c1ccc(Cl)cc1. The van der Waals surface area contributed by atoms with E-state index in [1.807, 2.05) is 46.8 Å². The maximum absolute atomic E-state index is 11.1. The zero-order chi connectivity index (χ0) is 19.3. The second-order valence-corrected chi connectivity index (χ2v) is 7.63. The van der Waals surface area contributed by atoms with Crippen LogP contribution in [-0.4, -0.2) is 35.4 Å². The second-order valence-electron chi connectivity index (χ2n) is 7.19. The van der Waals surface area contributed by atoms with Crippen LogP contribution in [0.1, 0.15) is 46.1 Å². The maximum Gasteiger partial charge on any atom is 0.258 e. The predicted molar refractivity (Wildman–Crippen MR) is 100 cm³/mol. The molecular weight excluding hydrogens is 356 g/mol. The molecule has 0 aliphatic rings. The molecule has 2 rings (SSSR count). The number of aromatic nitrogens is 1. The summed E-state index contributed by atoms with van der Waals surface area (Å²) < 4.78 is 11.3. The van der Waals surface area contributed by atoms with E-state index in [1.165, 1.54) is 5.06 Å². The van der Waals surface area contributed by atoms with Crippen LogP contribution in [0.15, 0.2) is 28.8 Å². The lowest BCUT2D eigenvalue weighted by Crippen LogP contribution is -2.35. The van der Waals surface area contributed by atoms with Crippen molar-refractivity contribution < 1.29 is 18.9 Å². The molecule has 0 atom stereocenters. The van der Waals surface area contributed by atoms with Gasteiger partial charge in [0.1, 0.15) is 6.61 Å². The van der Waals surface area contributed by atoms with Crippen molar-refractivity contribution in [1.29, 1.82) is 0 Å². The van der Waals surface area contributed by atoms with Crippen molar-refractivity contribution >= 4 is 18.0 Å². The van der Waals surface area contributed by atoms with Crippen LogP contribution < -0.4 is 4.74 Å². The zero-order valence-corrected chi connectivity index (χ0v) is 16.5. The molecule has 1 aromatic carbocycles. The standard InChI is InChI=1S/C19H25ClN2O4/c1-13(2)16-17(14-6-8-15(20)9-7-14)25-21-18(16)24-11-10-22(12-23)26-19(3,4)5/h6-9,12-13H,10-11H2,1-5H3. The molecule has 0 spiro atoms. The molecule has 0 unspecified atom stereocenters. The fourth-order valence-electron chi connectivity index (χ4n) is 2.41. The number of amides is 1. The minimum atomic E-state index is -0.459. The van der Waals surface area contributed by atoms with Gasteiger partial charge < -0.3 is 9.26 Å². The number of rotatable bonds is 8. The number of carbonyl (C=O) groups is 1. The van der Waals surface area contributed by atoms with Crippen LogP contribution in [0.5, 0.6) is 5.88 Å². The molecule has 0 fully saturated rings. The predicted octanol–water partition coefficient (Wildman–Crippen LogP) is 4.69. The molecule has 1 heterocycles. The van der Waals surface area contributed by atoms with E-state index in [0.29, 0.717) is 23.1 Å². The van der Waals surface area contributed by atoms with Crippen molar-refractivity contribution in [3.8, 4) is 17.2 Å². The summed E-state index contributed by atoms with van der Waals surface area (Å²) in [4.78, 5) is 16.6. The Morgan fingerprint density at radius 2 is 1.92 bits per heavy atom. The average molecular weight is 381 g/mol. The molecule has 0 saturated carbocycles. The third-order valence-corrected chi connectivity index (χ3v) is 3.69. The lowest BCUT2D eigenvalue weighted by atomic mass is 10.00. The Hall–Kier alpha value is -2.05. The summed E-state index contributed by atoms with van der Waals surface area (Å²) in [5, 5.41) is 5.93. The van der Waals surface area contributed by atoms with Gasteiger partial charge in [0.05, 0.1) is 17.7 Å². The quantitative estimate of drug-likeness (QED) is 0.491. The number of hydrogen-bond donors (Lipinski definition) is 0. The smallest absolute Gasteiger partial charge is 0.258 e. The minimum absolute atomic E-state index is 0.148. The molecule has 0 aliphatic carbocycles. The fraction of sp³-hybridized carbons (Fsp3) is 0.474. The van der Waals surface area contributed by atoms with E-state index in [1.54, 1.807) is 12.1 Å². The van der Waals surface area contributed by atoms with E-state index in [2.05, 4.69) is 5.16 Å². The van der Waals surface area contributed by atoms with Gasteiger partial charge in [0.2, 0.25) is 6.41 Å². The first kappa shape index (κ1) is 20.3. The Labute approximate surface area is 159 Å². The van der Waals surface area contributed by atoms with Gasteiger partial charge in [0.25, 0.3) is 5.88 Å². The van der Waals surface area contributed by atoms with Crippen molar-refractivity contribution in [1.82, 2.24) is 10.2 Å². The van der Waals surface area contributed by atoms with E-state index in [4.69, 9.17) is 25.7 Å². The van der Waals surface area contributed by atoms with Gasteiger partial charge in [-0.15, -0.1) is 0 Å². The lowest BCUT2D eigenvalue weighted by molar-refractivity contribution is -0.217. The number of hydroxylamine groups is 2. The summed E-state index contributed by atoms with van der Waals surface area (Å²) in [6.45, 7) is 10.2. The Morgan fingerprint density at radius 3 is 2.46 bits per heavy atom. The van der Waals surface area contributed by atoms with Crippen LogP contribution in [0, 0.1) is 0 Å². The van der Waals surface area contributed by atoms with Gasteiger partial charge in [-0.2, -0.15) is 0 Å². The molecule has 26 heavy (non-hydrogen) atoms. The number of hydrogen-bond acceptors (Lipinski definition) is 5. The Bertz CT molecular complexity index is 720. The van der Waals surface area contributed by atoms with Gasteiger partial charge >= 0.3 is 0 Å². The highest BCUT2D eigenvalue weighted by molar-refractivity contribution is 6.30. The number of nitrogens with zero attached hydrogens (tertiary/aromatic N) is 2.